The van der Waals surface area contributed by atoms with Crippen molar-refractivity contribution in [1.29, 1.82) is 0 Å². The summed E-state index contributed by atoms with van der Waals surface area (Å²) in [6.45, 7) is 0. The van der Waals surface area contributed by atoms with Crippen LogP contribution in [0.1, 0.15) is 25.7 Å². The van der Waals surface area contributed by atoms with Crippen LogP contribution in [0.25, 0.3) is 11.2 Å². The molecule has 7 heteroatoms. The van der Waals surface area contributed by atoms with E-state index in [1.807, 2.05) is 0 Å². The Morgan fingerprint density at radius 2 is 2.17 bits per heavy atom. The molecule has 0 aromatic carbocycles. The molecule has 1 fully saturated rings. The Morgan fingerprint density at radius 1 is 1.33 bits per heavy atom. The summed E-state index contributed by atoms with van der Waals surface area (Å²) < 4.78 is 0. The second-order valence-electron chi connectivity index (χ2n) is 4.55. The van der Waals surface area contributed by atoms with Gasteiger partial charge in [-0.05, 0) is 24.4 Å². The van der Waals surface area contributed by atoms with Crippen LogP contribution in [0.2, 0.25) is 5.28 Å². The number of nitrogens with zero attached hydrogens (tertiary/aromatic N) is 3. The third-order valence-electron chi connectivity index (χ3n) is 3.31. The SMILES string of the molecule is OC1CCCCC1Nc1nc(Cl)nc2nc[nH]c12. The Bertz CT molecular complexity index is 557. The van der Waals surface area contributed by atoms with E-state index in [1.165, 1.54) is 0 Å². The van der Waals surface area contributed by atoms with Gasteiger partial charge in [0.05, 0.1) is 18.5 Å². The monoisotopic (exact) mass is 267 g/mol. The molecule has 96 valence electrons. The lowest BCUT2D eigenvalue weighted by Gasteiger charge is -2.28. The molecule has 1 aliphatic carbocycles. The summed E-state index contributed by atoms with van der Waals surface area (Å²) in [5.74, 6) is 0.605. The topological polar surface area (TPSA) is 86.7 Å². The Labute approximate surface area is 109 Å². The molecule has 1 aliphatic rings. The van der Waals surface area contributed by atoms with Crippen molar-refractivity contribution >= 4 is 28.6 Å². The van der Waals surface area contributed by atoms with E-state index in [0.717, 1.165) is 31.2 Å². The third-order valence-corrected chi connectivity index (χ3v) is 3.48. The van der Waals surface area contributed by atoms with E-state index in [1.54, 1.807) is 6.33 Å². The quantitative estimate of drug-likeness (QED) is 0.721. The molecule has 0 bridgehead atoms. The average molecular weight is 268 g/mol. The van der Waals surface area contributed by atoms with Gasteiger partial charge in [-0.3, -0.25) is 0 Å². The van der Waals surface area contributed by atoms with Crippen molar-refractivity contribution in [1.82, 2.24) is 19.9 Å². The first kappa shape index (κ1) is 11.7. The fraction of sp³-hybridized carbons (Fsp3) is 0.545. The Morgan fingerprint density at radius 3 is 3.00 bits per heavy atom. The minimum absolute atomic E-state index is 0.0104. The number of nitrogens with one attached hydrogen (secondary N) is 2. The second-order valence-corrected chi connectivity index (χ2v) is 4.88. The zero-order valence-electron chi connectivity index (χ0n) is 9.73. The molecule has 2 aromatic heterocycles. The van der Waals surface area contributed by atoms with Crippen molar-refractivity contribution in [2.24, 2.45) is 0 Å². The summed E-state index contributed by atoms with van der Waals surface area (Å²) in [5, 5.41) is 13.4. The minimum Gasteiger partial charge on any atom is -0.391 e. The van der Waals surface area contributed by atoms with Gasteiger partial charge in [-0.25, -0.2) is 4.98 Å². The van der Waals surface area contributed by atoms with Gasteiger partial charge in [0.2, 0.25) is 5.28 Å². The van der Waals surface area contributed by atoms with Gasteiger partial charge in [-0.2, -0.15) is 9.97 Å². The molecule has 0 aliphatic heterocycles. The number of aliphatic hydroxyl groups excluding tert-OH is 1. The zero-order chi connectivity index (χ0) is 12.5. The van der Waals surface area contributed by atoms with Gasteiger partial charge in [-0.1, -0.05) is 12.8 Å². The van der Waals surface area contributed by atoms with Gasteiger partial charge in [0, 0.05) is 0 Å². The smallest absolute Gasteiger partial charge is 0.226 e. The maximum Gasteiger partial charge on any atom is 0.226 e. The third kappa shape index (κ3) is 2.13. The van der Waals surface area contributed by atoms with Crippen LogP contribution in [0.5, 0.6) is 0 Å². The number of H-pyrrole nitrogens is 1. The number of imidazole rings is 1. The normalized spacial score (nSPS) is 24.3. The van der Waals surface area contributed by atoms with Gasteiger partial charge in [-0.15, -0.1) is 0 Å². The molecule has 3 rings (SSSR count). The highest BCUT2D eigenvalue weighted by Crippen LogP contribution is 2.25. The molecule has 2 atom stereocenters. The van der Waals surface area contributed by atoms with E-state index in [4.69, 9.17) is 11.6 Å². The predicted octanol–water partition coefficient (Wildman–Crippen LogP) is 1.72. The van der Waals surface area contributed by atoms with Crippen molar-refractivity contribution in [3.05, 3.63) is 11.6 Å². The van der Waals surface area contributed by atoms with Crippen molar-refractivity contribution in [2.45, 2.75) is 37.8 Å². The standard InChI is InChI=1S/C11H14ClN5O/c12-11-16-9-8(13-5-14-9)10(17-11)15-6-3-1-2-4-7(6)18/h5-7,18H,1-4H2,(H2,13,14,15,16,17). The number of rotatable bonds is 2. The van der Waals surface area contributed by atoms with E-state index in [9.17, 15) is 5.11 Å². The fourth-order valence-electron chi connectivity index (χ4n) is 2.37. The number of fused-ring (bicyclic) bond motifs is 1. The average Bonchev–Trinajstić information content (AvgIpc) is 2.80. The lowest BCUT2D eigenvalue weighted by molar-refractivity contribution is 0.116. The van der Waals surface area contributed by atoms with Crippen molar-refractivity contribution in [3.63, 3.8) is 0 Å². The number of hydrogen-bond donors (Lipinski definition) is 3. The molecule has 3 N–H and O–H groups in total. The molecular weight excluding hydrogens is 254 g/mol. The van der Waals surface area contributed by atoms with Crippen LogP contribution < -0.4 is 5.32 Å². The van der Waals surface area contributed by atoms with Gasteiger partial charge in [0.1, 0.15) is 5.52 Å². The van der Waals surface area contributed by atoms with Crippen LogP contribution in [-0.4, -0.2) is 37.2 Å². The first-order valence-corrected chi connectivity index (χ1v) is 6.43. The van der Waals surface area contributed by atoms with Crippen LogP contribution in [-0.2, 0) is 0 Å². The summed E-state index contributed by atoms with van der Waals surface area (Å²) in [6, 6.07) is 0.0104. The maximum absolute atomic E-state index is 9.96. The molecule has 2 unspecified atom stereocenters. The lowest BCUT2D eigenvalue weighted by atomic mass is 9.92. The number of anilines is 1. The molecule has 1 saturated carbocycles. The second kappa shape index (κ2) is 4.70. The number of hydrogen-bond acceptors (Lipinski definition) is 5. The molecule has 18 heavy (non-hydrogen) atoms. The predicted molar refractivity (Wildman–Crippen MR) is 68.6 cm³/mol. The Hall–Kier alpha value is -1.40. The van der Waals surface area contributed by atoms with E-state index in [-0.39, 0.29) is 17.4 Å². The van der Waals surface area contributed by atoms with Crippen LogP contribution in [0.3, 0.4) is 0 Å². The highest BCUT2D eigenvalue weighted by atomic mass is 35.5. The molecule has 0 radical (unpaired) electrons. The van der Waals surface area contributed by atoms with Gasteiger partial charge < -0.3 is 15.4 Å². The van der Waals surface area contributed by atoms with E-state index >= 15 is 0 Å². The summed E-state index contributed by atoms with van der Waals surface area (Å²) in [7, 11) is 0. The summed E-state index contributed by atoms with van der Waals surface area (Å²) in [6.07, 6.45) is 5.15. The van der Waals surface area contributed by atoms with Crippen molar-refractivity contribution < 1.29 is 5.11 Å². The van der Waals surface area contributed by atoms with Gasteiger partial charge in [0.15, 0.2) is 11.5 Å². The summed E-state index contributed by atoms with van der Waals surface area (Å²) >= 11 is 5.86. The maximum atomic E-state index is 9.96. The first-order chi connectivity index (χ1) is 8.74. The largest absolute Gasteiger partial charge is 0.391 e. The van der Waals surface area contributed by atoms with Crippen LogP contribution in [0, 0.1) is 0 Å². The van der Waals surface area contributed by atoms with Crippen LogP contribution in [0.4, 0.5) is 5.82 Å². The highest BCUT2D eigenvalue weighted by Gasteiger charge is 2.24. The van der Waals surface area contributed by atoms with E-state index < -0.39 is 0 Å². The number of halogens is 1. The highest BCUT2D eigenvalue weighted by molar-refractivity contribution is 6.28. The van der Waals surface area contributed by atoms with Gasteiger partial charge in [0.25, 0.3) is 0 Å². The van der Waals surface area contributed by atoms with E-state index in [2.05, 4.69) is 25.3 Å². The van der Waals surface area contributed by atoms with Crippen LogP contribution in [0.15, 0.2) is 6.33 Å². The molecule has 2 aromatic rings. The molecule has 6 nitrogen and oxygen atoms in total. The van der Waals surface area contributed by atoms with Crippen LogP contribution >= 0.6 is 11.6 Å². The Balaban J connectivity index is 1.91. The Kier molecular flexibility index (Phi) is 3.05. The van der Waals surface area contributed by atoms with Gasteiger partial charge >= 0.3 is 0 Å². The summed E-state index contributed by atoms with van der Waals surface area (Å²) in [4.78, 5) is 15.2. The number of aliphatic hydroxyl groups is 1. The van der Waals surface area contributed by atoms with Crippen molar-refractivity contribution in [3.8, 4) is 0 Å². The molecule has 0 saturated heterocycles. The molecule has 0 spiro atoms. The first-order valence-electron chi connectivity index (χ1n) is 6.05. The molecule has 0 amide bonds. The molecular formula is C11H14ClN5O. The fourth-order valence-corrected chi connectivity index (χ4v) is 2.53. The lowest BCUT2D eigenvalue weighted by Crippen LogP contribution is -2.36. The summed E-state index contributed by atoms with van der Waals surface area (Å²) in [5.41, 5.74) is 1.25. The van der Waals surface area contributed by atoms with E-state index in [0.29, 0.717) is 11.5 Å². The number of aromatic nitrogens is 4. The number of aromatic amines is 1. The molecule has 2 heterocycles. The van der Waals surface area contributed by atoms with Crippen molar-refractivity contribution in [2.75, 3.05) is 5.32 Å². The minimum atomic E-state index is -0.342. The zero-order valence-corrected chi connectivity index (χ0v) is 10.5.